The van der Waals surface area contributed by atoms with E-state index in [2.05, 4.69) is 13.0 Å². The number of amides is 1. The van der Waals surface area contributed by atoms with E-state index in [0.29, 0.717) is 23.6 Å². The van der Waals surface area contributed by atoms with E-state index in [9.17, 15) is 4.79 Å². The van der Waals surface area contributed by atoms with Crippen LogP contribution >= 0.6 is 11.3 Å². The van der Waals surface area contributed by atoms with Crippen molar-refractivity contribution >= 4 is 17.2 Å². The number of aryl methyl sites for hydroxylation is 1. The summed E-state index contributed by atoms with van der Waals surface area (Å²) in [6.07, 6.45) is 0. The monoisotopic (exact) mass is 305 g/mol. The molecular formula is C16H19NO3S. The van der Waals surface area contributed by atoms with Gasteiger partial charge in [-0.3, -0.25) is 4.79 Å². The second kappa shape index (κ2) is 6.63. The van der Waals surface area contributed by atoms with Crippen molar-refractivity contribution in [3.05, 3.63) is 45.6 Å². The van der Waals surface area contributed by atoms with Gasteiger partial charge in [-0.15, -0.1) is 11.3 Å². The second-order valence-corrected chi connectivity index (χ2v) is 5.79. The highest BCUT2D eigenvalue weighted by molar-refractivity contribution is 7.10. The van der Waals surface area contributed by atoms with Crippen molar-refractivity contribution in [3.8, 4) is 11.5 Å². The molecule has 4 nitrogen and oxygen atoms in total. The van der Waals surface area contributed by atoms with Gasteiger partial charge in [-0.25, -0.2) is 0 Å². The predicted octanol–water partition coefficient (Wildman–Crippen LogP) is 3.35. The zero-order valence-electron chi connectivity index (χ0n) is 12.7. The van der Waals surface area contributed by atoms with Crippen molar-refractivity contribution in [2.75, 3.05) is 21.3 Å². The lowest BCUT2D eigenvalue weighted by Crippen LogP contribution is -2.26. The molecule has 5 heteroatoms. The lowest BCUT2D eigenvalue weighted by atomic mass is 10.1. The molecule has 0 radical (unpaired) electrons. The number of rotatable bonds is 5. The van der Waals surface area contributed by atoms with E-state index >= 15 is 0 Å². The fourth-order valence-corrected chi connectivity index (χ4v) is 2.96. The minimum absolute atomic E-state index is 0.0556. The highest BCUT2D eigenvalue weighted by Crippen LogP contribution is 2.24. The summed E-state index contributed by atoms with van der Waals surface area (Å²) in [6, 6.07) is 7.26. The summed E-state index contributed by atoms with van der Waals surface area (Å²) in [4.78, 5) is 15.4. The number of carbonyl (C=O) groups excluding carboxylic acids is 1. The van der Waals surface area contributed by atoms with Crippen LogP contribution < -0.4 is 9.47 Å². The Morgan fingerprint density at radius 1 is 1.19 bits per heavy atom. The Hall–Kier alpha value is -2.01. The highest BCUT2D eigenvalue weighted by Gasteiger charge is 2.15. The number of benzene rings is 1. The van der Waals surface area contributed by atoms with Crippen molar-refractivity contribution in [2.24, 2.45) is 0 Å². The molecule has 21 heavy (non-hydrogen) atoms. The number of thiophene rings is 1. The summed E-state index contributed by atoms with van der Waals surface area (Å²) in [5.41, 5.74) is 1.77. The van der Waals surface area contributed by atoms with E-state index in [1.54, 1.807) is 55.7 Å². The van der Waals surface area contributed by atoms with Crippen LogP contribution in [-0.4, -0.2) is 32.1 Å². The van der Waals surface area contributed by atoms with Gasteiger partial charge in [0.1, 0.15) is 11.5 Å². The third-order valence-corrected chi connectivity index (χ3v) is 4.30. The molecule has 1 aromatic heterocycles. The van der Waals surface area contributed by atoms with E-state index < -0.39 is 0 Å². The average molecular weight is 305 g/mol. The van der Waals surface area contributed by atoms with Crippen molar-refractivity contribution < 1.29 is 14.3 Å². The molecule has 1 heterocycles. The Bertz CT molecular complexity index is 614. The third-order valence-electron chi connectivity index (χ3n) is 3.29. The van der Waals surface area contributed by atoms with Crippen LogP contribution in [0.3, 0.4) is 0 Å². The minimum Gasteiger partial charge on any atom is -0.497 e. The van der Waals surface area contributed by atoms with Crippen LogP contribution in [0.4, 0.5) is 0 Å². The van der Waals surface area contributed by atoms with E-state index in [1.807, 2.05) is 5.38 Å². The molecule has 1 aromatic carbocycles. The summed E-state index contributed by atoms with van der Waals surface area (Å²) in [7, 11) is 4.94. The van der Waals surface area contributed by atoms with Crippen LogP contribution in [0, 0.1) is 6.92 Å². The maximum absolute atomic E-state index is 12.5. The Balaban J connectivity index is 2.20. The lowest BCUT2D eigenvalue weighted by molar-refractivity contribution is 0.0785. The molecule has 0 aliphatic rings. The molecule has 0 fully saturated rings. The topological polar surface area (TPSA) is 38.8 Å². The summed E-state index contributed by atoms with van der Waals surface area (Å²) in [5, 5.41) is 2.04. The molecule has 0 unspecified atom stereocenters. The molecule has 0 saturated carbocycles. The minimum atomic E-state index is -0.0556. The number of carbonyl (C=O) groups is 1. The third kappa shape index (κ3) is 3.55. The summed E-state index contributed by atoms with van der Waals surface area (Å²) < 4.78 is 10.4. The average Bonchev–Trinajstić information content (AvgIpc) is 2.90. The van der Waals surface area contributed by atoms with Gasteiger partial charge >= 0.3 is 0 Å². The van der Waals surface area contributed by atoms with E-state index in [-0.39, 0.29) is 5.91 Å². The van der Waals surface area contributed by atoms with Gasteiger partial charge < -0.3 is 14.4 Å². The summed E-state index contributed by atoms with van der Waals surface area (Å²) in [5.74, 6) is 1.16. The lowest BCUT2D eigenvalue weighted by Gasteiger charge is -2.18. The molecule has 0 aliphatic heterocycles. The van der Waals surface area contributed by atoms with Gasteiger partial charge in [-0.2, -0.15) is 0 Å². The molecule has 0 aliphatic carbocycles. The fourth-order valence-electron chi connectivity index (χ4n) is 2.00. The van der Waals surface area contributed by atoms with Gasteiger partial charge in [0.2, 0.25) is 0 Å². The molecule has 112 valence electrons. The second-order valence-electron chi connectivity index (χ2n) is 4.79. The van der Waals surface area contributed by atoms with Gasteiger partial charge in [0, 0.05) is 23.6 Å². The summed E-state index contributed by atoms with van der Waals surface area (Å²) >= 11 is 1.66. The van der Waals surface area contributed by atoms with Crippen LogP contribution in [0.1, 0.15) is 20.8 Å². The van der Waals surface area contributed by atoms with Crippen LogP contribution in [0.25, 0.3) is 0 Å². The zero-order valence-corrected chi connectivity index (χ0v) is 13.5. The predicted molar refractivity (Wildman–Crippen MR) is 84.4 cm³/mol. The summed E-state index contributed by atoms with van der Waals surface area (Å²) in [6.45, 7) is 2.65. The quantitative estimate of drug-likeness (QED) is 0.850. The highest BCUT2D eigenvalue weighted by atomic mass is 32.1. The van der Waals surface area contributed by atoms with Crippen molar-refractivity contribution in [3.63, 3.8) is 0 Å². The first kappa shape index (κ1) is 15.4. The molecule has 2 aromatic rings. The van der Waals surface area contributed by atoms with Crippen molar-refractivity contribution in [1.82, 2.24) is 4.90 Å². The van der Waals surface area contributed by atoms with Gasteiger partial charge in [-0.05, 0) is 36.1 Å². The normalized spacial score (nSPS) is 10.3. The number of nitrogens with zero attached hydrogens (tertiary/aromatic N) is 1. The SMILES string of the molecule is COc1cc(OC)cc(C(=O)N(C)Cc2sccc2C)c1. The molecule has 0 N–H and O–H groups in total. The first-order valence-corrected chi connectivity index (χ1v) is 7.44. The van der Waals surface area contributed by atoms with Gasteiger partial charge in [0.05, 0.1) is 20.8 Å². The van der Waals surface area contributed by atoms with Gasteiger partial charge in [-0.1, -0.05) is 0 Å². The maximum atomic E-state index is 12.5. The molecule has 0 atom stereocenters. The Morgan fingerprint density at radius 2 is 1.81 bits per heavy atom. The number of methoxy groups -OCH3 is 2. The Labute approximate surface area is 128 Å². The van der Waals surface area contributed by atoms with Crippen LogP contribution in [0.15, 0.2) is 29.6 Å². The number of hydrogen-bond donors (Lipinski definition) is 0. The fraction of sp³-hybridized carbons (Fsp3) is 0.312. The molecule has 0 saturated heterocycles. The molecular weight excluding hydrogens is 286 g/mol. The zero-order chi connectivity index (χ0) is 15.4. The van der Waals surface area contributed by atoms with Crippen molar-refractivity contribution in [1.29, 1.82) is 0 Å². The van der Waals surface area contributed by atoms with Crippen LogP contribution in [0.2, 0.25) is 0 Å². The van der Waals surface area contributed by atoms with E-state index in [1.165, 1.54) is 10.4 Å². The largest absolute Gasteiger partial charge is 0.497 e. The Kier molecular flexibility index (Phi) is 4.85. The van der Waals surface area contributed by atoms with Gasteiger partial charge in [0.25, 0.3) is 5.91 Å². The molecule has 0 bridgehead atoms. The maximum Gasteiger partial charge on any atom is 0.254 e. The molecule has 1 amide bonds. The standard InChI is InChI=1S/C16H19NO3S/c1-11-5-6-21-15(11)10-17(2)16(18)12-7-13(19-3)9-14(8-12)20-4/h5-9H,10H2,1-4H3. The number of hydrogen-bond acceptors (Lipinski definition) is 4. The Morgan fingerprint density at radius 3 is 2.29 bits per heavy atom. The van der Waals surface area contributed by atoms with E-state index in [0.717, 1.165) is 0 Å². The van der Waals surface area contributed by atoms with Gasteiger partial charge in [0.15, 0.2) is 0 Å². The first-order valence-electron chi connectivity index (χ1n) is 6.56. The molecule has 2 rings (SSSR count). The molecule has 0 spiro atoms. The van der Waals surface area contributed by atoms with Crippen molar-refractivity contribution in [2.45, 2.75) is 13.5 Å². The number of ether oxygens (including phenoxy) is 2. The smallest absolute Gasteiger partial charge is 0.254 e. The van der Waals surface area contributed by atoms with E-state index in [4.69, 9.17) is 9.47 Å². The first-order chi connectivity index (χ1) is 10.0. The van der Waals surface area contributed by atoms with Crippen LogP contribution in [-0.2, 0) is 6.54 Å². The van der Waals surface area contributed by atoms with Crippen LogP contribution in [0.5, 0.6) is 11.5 Å².